The van der Waals surface area contributed by atoms with Crippen molar-refractivity contribution in [3.05, 3.63) is 0 Å². The number of rotatable bonds is 5. The van der Waals surface area contributed by atoms with Crippen molar-refractivity contribution in [1.82, 2.24) is 0 Å². The number of hydrogen-bond donors (Lipinski definition) is 0. The van der Waals surface area contributed by atoms with Crippen LogP contribution in [-0.4, -0.2) is 13.3 Å². The van der Waals surface area contributed by atoms with Crippen LogP contribution < -0.4 is 0 Å². The van der Waals surface area contributed by atoms with E-state index < -0.39 is 0 Å². The van der Waals surface area contributed by atoms with Crippen molar-refractivity contribution in [2.75, 3.05) is 13.3 Å². The van der Waals surface area contributed by atoms with Gasteiger partial charge in [0.2, 0.25) is 0 Å². The second kappa shape index (κ2) is 7.08. The summed E-state index contributed by atoms with van der Waals surface area (Å²) >= 11 is -0.375. The molecule has 1 aliphatic heterocycles. The molecule has 86 valence electrons. The van der Waals surface area contributed by atoms with Crippen molar-refractivity contribution in [2.45, 2.75) is 52.9 Å². The first kappa shape index (κ1) is 12.8. The van der Waals surface area contributed by atoms with E-state index >= 15 is 0 Å². The van der Waals surface area contributed by atoms with Crippen LogP contribution in [0.15, 0.2) is 0 Å². The van der Waals surface area contributed by atoms with Crippen molar-refractivity contribution in [2.24, 2.45) is 11.8 Å². The van der Waals surface area contributed by atoms with Crippen LogP contribution in [0.5, 0.6) is 0 Å². The van der Waals surface area contributed by atoms with Gasteiger partial charge in [-0.3, -0.25) is 0 Å². The molecule has 1 saturated heterocycles. The molecule has 0 aromatic heterocycles. The van der Waals surface area contributed by atoms with Crippen molar-refractivity contribution in [1.29, 1.82) is 0 Å². The predicted octanol–water partition coefficient (Wildman–Crippen LogP) is 4.75. The molecule has 0 amide bonds. The molecule has 1 heterocycles. The molecular weight excluding hydrogens is 283 g/mol. The van der Waals surface area contributed by atoms with Crippen molar-refractivity contribution in [3.63, 3.8) is 0 Å². The summed E-state index contributed by atoms with van der Waals surface area (Å²) < 4.78 is 4.91. The molecule has 0 aromatic rings. The Morgan fingerprint density at radius 3 is 2.36 bits per heavy atom. The monoisotopic (exact) mass is 310 g/mol. The Bertz CT molecular complexity index is 136. The molecule has 0 saturated carbocycles. The van der Waals surface area contributed by atoms with Gasteiger partial charge < -0.3 is 0 Å². The molecule has 0 spiro atoms. The minimum atomic E-state index is -0.375. The molecule has 0 aromatic carbocycles. The first-order chi connectivity index (χ1) is 6.77. The summed E-state index contributed by atoms with van der Waals surface area (Å²) in [6, 6.07) is 0. The Hall–Kier alpha value is 0.730. The number of hydrogen-bond acceptors (Lipinski definition) is 0. The molecule has 0 unspecified atom stereocenters. The summed E-state index contributed by atoms with van der Waals surface area (Å²) in [5.74, 6) is 2.12. The Morgan fingerprint density at radius 2 is 1.86 bits per heavy atom. The third-order valence-corrected chi connectivity index (χ3v) is 10.1. The average molecular weight is 310 g/mol. The van der Waals surface area contributed by atoms with Crippen molar-refractivity contribution < 1.29 is 0 Å². The van der Waals surface area contributed by atoms with E-state index in [4.69, 9.17) is 0 Å². The third-order valence-electron chi connectivity index (χ3n) is 3.69. The van der Waals surface area contributed by atoms with E-state index in [1.807, 2.05) is 0 Å². The van der Waals surface area contributed by atoms with Gasteiger partial charge in [-0.1, -0.05) is 0 Å². The number of unbranched alkanes of at least 4 members (excludes halogenated alkanes) is 1. The van der Waals surface area contributed by atoms with Crippen LogP contribution in [0.2, 0.25) is 0 Å². The van der Waals surface area contributed by atoms with E-state index in [9.17, 15) is 0 Å². The van der Waals surface area contributed by atoms with Gasteiger partial charge >= 0.3 is 97.8 Å². The molecule has 1 rings (SSSR count). The van der Waals surface area contributed by atoms with E-state index in [0.29, 0.717) is 0 Å². The topological polar surface area (TPSA) is 0 Å². The maximum absolute atomic E-state index is 2.50. The Balaban J connectivity index is 2.19. The summed E-state index contributed by atoms with van der Waals surface area (Å²) in [5, 5.41) is 0. The van der Waals surface area contributed by atoms with Crippen LogP contribution in [0.1, 0.15) is 52.9 Å². The summed E-state index contributed by atoms with van der Waals surface area (Å²) in [6.07, 6.45) is 7.49. The van der Waals surface area contributed by atoms with Crippen molar-refractivity contribution in [3.8, 4) is 0 Å². The van der Waals surface area contributed by atoms with Gasteiger partial charge in [-0.05, 0) is 0 Å². The Labute approximate surface area is 97.6 Å². The summed E-state index contributed by atoms with van der Waals surface area (Å²) in [4.78, 5) is 0. The fourth-order valence-electron chi connectivity index (χ4n) is 2.43. The summed E-state index contributed by atoms with van der Waals surface area (Å²) in [5.41, 5.74) is 0. The van der Waals surface area contributed by atoms with E-state index in [1.54, 1.807) is 26.1 Å². The molecule has 14 heavy (non-hydrogen) atoms. The molecule has 0 nitrogen and oxygen atoms in total. The fraction of sp³-hybridized carbons (Fsp3) is 1.00. The summed E-state index contributed by atoms with van der Waals surface area (Å²) in [7, 11) is 0. The summed E-state index contributed by atoms with van der Waals surface area (Å²) in [6.45, 7) is 7.23. The van der Waals surface area contributed by atoms with Crippen molar-refractivity contribution >= 4 is 19.8 Å². The third kappa shape index (κ3) is 4.08. The molecule has 0 radical (unpaired) electrons. The van der Waals surface area contributed by atoms with Crippen LogP contribution in [0.25, 0.3) is 0 Å². The number of halogens is 1. The van der Waals surface area contributed by atoms with E-state index in [2.05, 4.69) is 20.8 Å². The zero-order valence-corrected chi connectivity index (χ0v) is 12.3. The first-order valence-corrected chi connectivity index (χ1v) is 10.9. The second-order valence-corrected chi connectivity index (χ2v) is 11.6. The average Bonchev–Trinajstić information content (AvgIpc) is 2.26. The zero-order valence-electron chi connectivity index (χ0n) is 10.2. The van der Waals surface area contributed by atoms with Gasteiger partial charge in [-0.25, -0.2) is 0 Å². The number of alkyl halides is 3. The van der Waals surface area contributed by atoms with Gasteiger partial charge in [0, 0.05) is 0 Å². The molecule has 1 aliphatic rings. The fourth-order valence-corrected chi connectivity index (χ4v) is 7.85. The van der Waals surface area contributed by atoms with E-state index in [0.717, 1.165) is 11.8 Å². The van der Waals surface area contributed by atoms with Gasteiger partial charge in [0.25, 0.3) is 0 Å². The zero-order chi connectivity index (χ0) is 10.4. The van der Waals surface area contributed by atoms with Crippen LogP contribution >= 0.6 is 19.8 Å². The molecule has 1 atom stereocenters. The maximum atomic E-state index is 2.50. The van der Waals surface area contributed by atoms with Gasteiger partial charge in [0.15, 0.2) is 0 Å². The van der Waals surface area contributed by atoms with E-state index in [1.165, 1.54) is 19.3 Å². The Kier molecular flexibility index (Phi) is 6.47. The Morgan fingerprint density at radius 1 is 1.21 bits per heavy atom. The van der Waals surface area contributed by atoms with Gasteiger partial charge in [-0.15, -0.1) is 0 Å². The van der Waals surface area contributed by atoms with Crippen LogP contribution in [-0.2, 0) is 0 Å². The van der Waals surface area contributed by atoms with Crippen LogP contribution in [0.4, 0.5) is 0 Å². The SMILES string of the molecule is CCCC[C@H](C)C1CCI(CC)CC1. The molecule has 0 aliphatic carbocycles. The first-order valence-electron chi connectivity index (χ1n) is 6.35. The van der Waals surface area contributed by atoms with Crippen LogP contribution in [0, 0.1) is 11.8 Å². The molecule has 1 fully saturated rings. The molecule has 0 N–H and O–H groups in total. The molecular formula is C13H27I. The quantitative estimate of drug-likeness (QED) is 0.508. The predicted molar refractivity (Wildman–Crippen MR) is 75.7 cm³/mol. The minimum absolute atomic E-state index is 0.375. The van der Waals surface area contributed by atoms with Gasteiger partial charge in [0.1, 0.15) is 0 Å². The standard InChI is InChI=1S/C13H27I/c1-4-6-7-12(3)13-8-10-14(5-2)11-9-13/h12-13H,4-11H2,1-3H3/t12-/m0/s1. The normalized spacial score (nSPS) is 23.8. The molecule has 0 bridgehead atoms. The van der Waals surface area contributed by atoms with Crippen LogP contribution in [0.3, 0.4) is 0 Å². The van der Waals surface area contributed by atoms with Gasteiger partial charge in [0.05, 0.1) is 0 Å². The van der Waals surface area contributed by atoms with E-state index in [-0.39, 0.29) is 19.8 Å². The molecule has 1 heteroatoms. The van der Waals surface area contributed by atoms with Gasteiger partial charge in [-0.2, -0.15) is 0 Å². The second-order valence-electron chi connectivity index (χ2n) is 4.67.